The van der Waals surface area contributed by atoms with Crippen molar-refractivity contribution >= 4 is 33.6 Å². The van der Waals surface area contributed by atoms with Crippen molar-refractivity contribution in [3.05, 3.63) is 38.8 Å². The lowest BCUT2D eigenvalue weighted by atomic mass is 10.0. The molecule has 0 saturated carbocycles. The fourth-order valence-corrected chi connectivity index (χ4v) is 2.31. The summed E-state index contributed by atoms with van der Waals surface area (Å²) in [5, 5.41) is 4.13. The first-order chi connectivity index (χ1) is 8.04. The van der Waals surface area contributed by atoms with E-state index in [4.69, 9.17) is 11.6 Å². The first kappa shape index (κ1) is 14.7. The maximum absolute atomic E-state index is 5.94. The highest BCUT2D eigenvalue weighted by Gasteiger charge is 2.05. The van der Waals surface area contributed by atoms with E-state index in [0.29, 0.717) is 5.92 Å². The predicted octanol–water partition coefficient (Wildman–Crippen LogP) is 4.75. The highest BCUT2D eigenvalue weighted by atomic mass is 79.9. The minimum atomic E-state index is 0.539. The summed E-state index contributed by atoms with van der Waals surface area (Å²) in [6, 6.07) is 5.89. The molecule has 0 atom stereocenters. The van der Waals surface area contributed by atoms with Gasteiger partial charge in [0.05, 0.1) is 0 Å². The lowest BCUT2D eigenvalue weighted by molar-refractivity contribution is 0.682. The van der Waals surface area contributed by atoms with Crippen LogP contribution in [-0.2, 0) is 0 Å². The van der Waals surface area contributed by atoms with Gasteiger partial charge >= 0.3 is 0 Å². The molecule has 1 aromatic carbocycles. The number of nitrogens with one attached hydrogen (secondary N) is 1. The SMILES string of the molecule is CCNC/C(=C/c1ccc(Cl)cc1Br)C(C)C. The molecular formula is C14H19BrClN. The maximum atomic E-state index is 5.94. The third kappa shape index (κ3) is 4.82. The number of hydrogen-bond donors (Lipinski definition) is 1. The fourth-order valence-electron chi connectivity index (χ4n) is 1.51. The van der Waals surface area contributed by atoms with Gasteiger partial charge in [0.1, 0.15) is 0 Å². The summed E-state index contributed by atoms with van der Waals surface area (Å²) in [5.41, 5.74) is 2.57. The van der Waals surface area contributed by atoms with E-state index >= 15 is 0 Å². The molecule has 17 heavy (non-hydrogen) atoms. The average molecular weight is 317 g/mol. The third-order valence-electron chi connectivity index (χ3n) is 2.62. The predicted molar refractivity (Wildman–Crippen MR) is 80.5 cm³/mol. The molecule has 0 heterocycles. The molecule has 0 aliphatic carbocycles. The number of rotatable bonds is 5. The smallest absolute Gasteiger partial charge is 0.0417 e. The van der Waals surface area contributed by atoms with Gasteiger partial charge in [-0.05, 0) is 30.2 Å². The van der Waals surface area contributed by atoms with E-state index in [2.05, 4.69) is 48.1 Å². The summed E-state index contributed by atoms with van der Waals surface area (Å²) in [6.45, 7) is 8.48. The number of hydrogen-bond acceptors (Lipinski definition) is 1. The Balaban J connectivity index is 2.95. The van der Waals surface area contributed by atoms with Crippen LogP contribution in [0.5, 0.6) is 0 Å². The van der Waals surface area contributed by atoms with Gasteiger partial charge < -0.3 is 5.32 Å². The minimum Gasteiger partial charge on any atom is -0.313 e. The number of likely N-dealkylation sites (N-methyl/N-ethyl adjacent to an activating group) is 1. The van der Waals surface area contributed by atoms with E-state index in [1.54, 1.807) is 0 Å². The monoisotopic (exact) mass is 315 g/mol. The van der Waals surface area contributed by atoms with Crippen LogP contribution >= 0.6 is 27.5 Å². The summed E-state index contributed by atoms with van der Waals surface area (Å²) in [5.74, 6) is 0.539. The van der Waals surface area contributed by atoms with E-state index < -0.39 is 0 Å². The summed E-state index contributed by atoms with van der Waals surface area (Å²) >= 11 is 9.48. The van der Waals surface area contributed by atoms with Crippen LogP contribution in [-0.4, -0.2) is 13.1 Å². The Morgan fingerprint density at radius 3 is 2.71 bits per heavy atom. The van der Waals surface area contributed by atoms with Crippen molar-refractivity contribution in [2.24, 2.45) is 5.92 Å². The van der Waals surface area contributed by atoms with Crippen molar-refractivity contribution in [2.75, 3.05) is 13.1 Å². The molecule has 1 N–H and O–H groups in total. The topological polar surface area (TPSA) is 12.0 Å². The zero-order valence-electron chi connectivity index (χ0n) is 10.6. The van der Waals surface area contributed by atoms with E-state index in [1.807, 2.05) is 18.2 Å². The Labute approximate surface area is 117 Å². The van der Waals surface area contributed by atoms with Crippen molar-refractivity contribution in [1.29, 1.82) is 0 Å². The van der Waals surface area contributed by atoms with Crippen LogP contribution in [0.4, 0.5) is 0 Å². The molecule has 0 amide bonds. The van der Waals surface area contributed by atoms with Gasteiger partial charge in [0.25, 0.3) is 0 Å². The summed E-state index contributed by atoms with van der Waals surface area (Å²) in [7, 11) is 0. The summed E-state index contributed by atoms with van der Waals surface area (Å²) in [6.07, 6.45) is 2.23. The van der Waals surface area contributed by atoms with Gasteiger partial charge in [0.15, 0.2) is 0 Å². The Morgan fingerprint density at radius 1 is 1.47 bits per heavy atom. The highest BCUT2D eigenvalue weighted by molar-refractivity contribution is 9.10. The van der Waals surface area contributed by atoms with Gasteiger partial charge in [0.2, 0.25) is 0 Å². The molecule has 0 bridgehead atoms. The molecule has 0 aromatic heterocycles. The Bertz CT molecular complexity index is 399. The Hall–Kier alpha value is -0.310. The van der Waals surface area contributed by atoms with Crippen LogP contribution in [0, 0.1) is 5.92 Å². The van der Waals surface area contributed by atoms with Crippen molar-refractivity contribution < 1.29 is 0 Å². The first-order valence-electron chi connectivity index (χ1n) is 5.90. The van der Waals surface area contributed by atoms with Crippen molar-refractivity contribution in [2.45, 2.75) is 20.8 Å². The normalized spacial score (nSPS) is 12.2. The van der Waals surface area contributed by atoms with Crippen LogP contribution in [0.1, 0.15) is 26.3 Å². The molecule has 0 aliphatic rings. The molecule has 0 fully saturated rings. The van der Waals surface area contributed by atoms with E-state index in [-0.39, 0.29) is 0 Å². The van der Waals surface area contributed by atoms with Crippen LogP contribution in [0.15, 0.2) is 28.2 Å². The van der Waals surface area contributed by atoms with Crippen LogP contribution in [0.2, 0.25) is 5.02 Å². The molecule has 0 saturated heterocycles. The maximum Gasteiger partial charge on any atom is 0.0417 e. The second-order valence-electron chi connectivity index (χ2n) is 4.32. The molecule has 0 spiro atoms. The van der Waals surface area contributed by atoms with Crippen molar-refractivity contribution in [3.8, 4) is 0 Å². The fraction of sp³-hybridized carbons (Fsp3) is 0.429. The van der Waals surface area contributed by atoms with Gasteiger partial charge in [-0.3, -0.25) is 0 Å². The van der Waals surface area contributed by atoms with E-state index in [0.717, 1.165) is 22.6 Å². The Morgan fingerprint density at radius 2 is 2.18 bits per heavy atom. The summed E-state index contributed by atoms with van der Waals surface area (Å²) < 4.78 is 1.04. The van der Waals surface area contributed by atoms with Crippen molar-refractivity contribution in [1.82, 2.24) is 5.32 Å². The van der Waals surface area contributed by atoms with Gasteiger partial charge in [-0.15, -0.1) is 0 Å². The highest BCUT2D eigenvalue weighted by Crippen LogP contribution is 2.25. The first-order valence-corrected chi connectivity index (χ1v) is 7.08. The standard InChI is InChI=1S/C14H19BrClN/c1-4-17-9-12(10(2)3)7-11-5-6-13(16)8-14(11)15/h5-8,10,17H,4,9H2,1-3H3/b12-7-. The molecule has 0 unspecified atom stereocenters. The molecular weight excluding hydrogens is 298 g/mol. The zero-order chi connectivity index (χ0) is 12.8. The molecule has 1 nitrogen and oxygen atoms in total. The Kier molecular flexibility index (Phi) is 6.24. The van der Waals surface area contributed by atoms with Gasteiger partial charge in [0, 0.05) is 16.0 Å². The molecule has 94 valence electrons. The number of benzene rings is 1. The molecule has 0 radical (unpaired) electrons. The van der Waals surface area contributed by atoms with Gasteiger partial charge in [-0.2, -0.15) is 0 Å². The van der Waals surface area contributed by atoms with E-state index in [9.17, 15) is 0 Å². The molecule has 1 aromatic rings. The minimum absolute atomic E-state index is 0.539. The number of halogens is 2. The van der Waals surface area contributed by atoms with E-state index in [1.165, 1.54) is 11.1 Å². The van der Waals surface area contributed by atoms with Gasteiger partial charge in [-0.1, -0.05) is 66.0 Å². The lowest BCUT2D eigenvalue weighted by Gasteiger charge is -2.12. The van der Waals surface area contributed by atoms with Gasteiger partial charge in [-0.25, -0.2) is 0 Å². The van der Waals surface area contributed by atoms with Crippen LogP contribution in [0.3, 0.4) is 0 Å². The molecule has 1 rings (SSSR count). The van der Waals surface area contributed by atoms with Crippen molar-refractivity contribution in [3.63, 3.8) is 0 Å². The summed E-state index contributed by atoms with van der Waals surface area (Å²) in [4.78, 5) is 0. The quantitative estimate of drug-likeness (QED) is 0.826. The van der Waals surface area contributed by atoms with Crippen LogP contribution in [0.25, 0.3) is 6.08 Å². The zero-order valence-corrected chi connectivity index (χ0v) is 12.9. The third-order valence-corrected chi connectivity index (χ3v) is 3.55. The van der Waals surface area contributed by atoms with Crippen LogP contribution < -0.4 is 5.32 Å². The largest absolute Gasteiger partial charge is 0.313 e. The molecule has 0 aliphatic heterocycles. The second-order valence-corrected chi connectivity index (χ2v) is 5.61. The second kappa shape index (κ2) is 7.20. The average Bonchev–Trinajstić information content (AvgIpc) is 2.26. The lowest BCUT2D eigenvalue weighted by Crippen LogP contribution is -2.18. The molecule has 3 heteroatoms.